The van der Waals surface area contributed by atoms with Crippen LogP contribution in [0.1, 0.15) is 47.1 Å². The molecule has 0 bridgehead atoms. The molecule has 1 N–H and O–H groups in total. The Morgan fingerprint density at radius 3 is 1.90 bits per heavy atom. The highest BCUT2D eigenvalue weighted by Crippen LogP contribution is 2.23. The first-order valence-corrected chi connectivity index (χ1v) is 16.0. The van der Waals surface area contributed by atoms with Gasteiger partial charge in [-0.25, -0.2) is 14.4 Å². The summed E-state index contributed by atoms with van der Waals surface area (Å²) in [5, 5.41) is 13.3. The van der Waals surface area contributed by atoms with E-state index >= 15 is 0 Å². The lowest BCUT2D eigenvalue weighted by Gasteiger charge is -2.26. The predicted molar refractivity (Wildman–Crippen MR) is 179 cm³/mol. The number of hydrogen-bond acceptors (Lipinski definition) is 12. The lowest BCUT2D eigenvalue weighted by atomic mass is 10.2. The number of carbonyl (C=O) groups is 3. The molecule has 0 atom stereocenters. The Balaban J connectivity index is 0.000000363. The number of hydrogen-bond donors (Lipinski definition) is 1. The molecule has 1 fully saturated rings. The van der Waals surface area contributed by atoms with Crippen molar-refractivity contribution in [2.45, 2.75) is 48.5 Å². The molecular weight excluding hydrogens is 626 g/mol. The molecule has 1 aliphatic heterocycles. The summed E-state index contributed by atoms with van der Waals surface area (Å²) < 4.78 is 29.8. The zero-order chi connectivity index (χ0) is 35.9. The summed E-state index contributed by atoms with van der Waals surface area (Å²) in [7, 11) is 0. The van der Waals surface area contributed by atoms with Gasteiger partial charge in [0.2, 0.25) is 0 Å². The van der Waals surface area contributed by atoms with Crippen molar-refractivity contribution in [1.29, 1.82) is 0 Å². The number of nitro benzene ring substituents is 1. The molecule has 1 amide bonds. The van der Waals surface area contributed by atoms with E-state index in [0.29, 0.717) is 42.9 Å². The summed E-state index contributed by atoms with van der Waals surface area (Å²) in [5.74, 6) is 1.68. The Kier molecular flexibility index (Phi) is 20.6. The van der Waals surface area contributed by atoms with Gasteiger partial charge in [-0.1, -0.05) is 59.7 Å². The molecule has 2 aromatic carbocycles. The molecular formula is C34H51N3O11. The quantitative estimate of drug-likeness (QED) is 0.0839. The van der Waals surface area contributed by atoms with Crippen molar-refractivity contribution in [3.63, 3.8) is 0 Å². The van der Waals surface area contributed by atoms with Gasteiger partial charge in [-0.05, 0) is 48.4 Å². The van der Waals surface area contributed by atoms with Crippen LogP contribution in [0.2, 0.25) is 0 Å². The van der Waals surface area contributed by atoms with E-state index in [2.05, 4.69) is 10.2 Å². The van der Waals surface area contributed by atoms with Gasteiger partial charge in [0.15, 0.2) is 0 Å². The molecule has 48 heavy (non-hydrogen) atoms. The zero-order valence-electron chi connectivity index (χ0n) is 29.1. The standard InChI is InChI=1S/C12H15NO5.C11H22N2O3.C11H14O3/c1-8(2)7-17-12(14)18-11-5-4-10(13(15)16)6-9(11)3;1-10(2)9-16-11(14)12-3-4-13-5-7-15-8-6-13;1-9(2)8-13-11(12)14-10-6-4-3-5-7-10/h4-6,8H,7H2,1-3H3;10H,3-9H2,1-2H3,(H,12,14);3-7,9H,8H2,1-2H3. The Morgan fingerprint density at radius 1 is 0.833 bits per heavy atom. The SMILES string of the molecule is CC(C)COC(=O)NCCN1CCOCC1.CC(C)COC(=O)Oc1ccccc1.Cc1cc([N+](=O)[O-])ccc1OC(=O)OCC(C)C. The van der Waals surface area contributed by atoms with E-state index in [4.69, 9.17) is 28.4 Å². The topological polar surface area (TPSA) is 165 Å². The van der Waals surface area contributed by atoms with Gasteiger partial charge in [-0.15, -0.1) is 0 Å². The second-order valence-electron chi connectivity index (χ2n) is 12.0. The second-order valence-corrected chi connectivity index (χ2v) is 12.0. The van der Waals surface area contributed by atoms with E-state index in [1.807, 2.05) is 47.6 Å². The van der Waals surface area contributed by atoms with Crippen LogP contribution in [-0.2, 0) is 18.9 Å². The molecule has 0 unspecified atom stereocenters. The number of ether oxygens (including phenoxy) is 6. The van der Waals surface area contributed by atoms with Crippen molar-refractivity contribution in [2.24, 2.45) is 17.8 Å². The number of non-ortho nitro benzene ring substituents is 1. The fourth-order valence-corrected chi connectivity index (χ4v) is 3.50. The Bertz CT molecular complexity index is 1230. The van der Waals surface area contributed by atoms with Crippen LogP contribution in [0, 0.1) is 34.8 Å². The minimum atomic E-state index is -0.805. The van der Waals surface area contributed by atoms with Crippen LogP contribution in [0.4, 0.5) is 20.1 Å². The maximum atomic E-state index is 11.3. The van der Waals surface area contributed by atoms with Gasteiger partial charge in [0.05, 0.1) is 38.0 Å². The maximum Gasteiger partial charge on any atom is 0.513 e. The molecule has 14 nitrogen and oxygen atoms in total. The third-order valence-electron chi connectivity index (χ3n) is 5.92. The van der Waals surface area contributed by atoms with E-state index in [9.17, 15) is 24.5 Å². The molecule has 3 rings (SSSR count). The fourth-order valence-electron chi connectivity index (χ4n) is 3.50. The number of nitro groups is 1. The van der Waals surface area contributed by atoms with Gasteiger partial charge in [0.1, 0.15) is 11.5 Å². The number of alkyl carbamates (subject to hydrolysis) is 1. The Morgan fingerprint density at radius 2 is 1.38 bits per heavy atom. The van der Waals surface area contributed by atoms with E-state index in [1.165, 1.54) is 18.2 Å². The first kappa shape index (κ1) is 41.6. The van der Waals surface area contributed by atoms with Gasteiger partial charge >= 0.3 is 18.4 Å². The monoisotopic (exact) mass is 677 g/mol. The number of nitrogens with zero attached hydrogens (tertiary/aromatic N) is 2. The average Bonchev–Trinajstić information content (AvgIpc) is 3.04. The van der Waals surface area contributed by atoms with Crippen molar-refractivity contribution in [2.75, 3.05) is 59.2 Å². The number of aryl methyl sites for hydroxylation is 1. The molecule has 1 saturated heterocycles. The zero-order valence-corrected chi connectivity index (χ0v) is 29.1. The summed E-state index contributed by atoms with van der Waals surface area (Å²) in [6, 6.07) is 12.9. The number of morpholine rings is 1. The molecule has 1 aliphatic rings. The molecule has 0 saturated carbocycles. The van der Waals surface area contributed by atoms with Gasteiger partial charge in [-0.3, -0.25) is 15.0 Å². The number of amides is 1. The first-order valence-electron chi connectivity index (χ1n) is 16.0. The number of para-hydroxylation sites is 1. The molecule has 0 radical (unpaired) electrons. The van der Waals surface area contributed by atoms with Crippen molar-refractivity contribution in [3.05, 3.63) is 64.2 Å². The van der Waals surface area contributed by atoms with Crippen molar-refractivity contribution in [3.8, 4) is 11.5 Å². The van der Waals surface area contributed by atoms with Crippen LogP contribution in [0.3, 0.4) is 0 Å². The minimum absolute atomic E-state index is 0.0459. The predicted octanol–water partition coefficient (Wildman–Crippen LogP) is 6.63. The molecule has 268 valence electrons. The summed E-state index contributed by atoms with van der Waals surface area (Å²) in [6.45, 7) is 19.5. The molecule has 0 aromatic heterocycles. The molecule has 0 aliphatic carbocycles. The Hall–Kier alpha value is -4.43. The highest BCUT2D eigenvalue weighted by molar-refractivity contribution is 5.67. The third-order valence-corrected chi connectivity index (χ3v) is 5.92. The molecule has 1 heterocycles. The lowest BCUT2D eigenvalue weighted by Crippen LogP contribution is -2.41. The van der Waals surface area contributed by atoms with E-state index in [0.717, 1.165) is 32.8 Å². The minimum Gasteiger partial charge on any atom is -0.449 e. The van der Waals surface area contributed by atoms with Crippen molar-refractivity contribution >= 4 is 24.1 Å². The molecule has 14 heteroatoms. The summed E-state index contributed by atoms with van der Waals surface area (Å²) in [5.41, 5.74) is 0.459. The largest absolute Gasteiger partial charge is 0.513 e. The highest BCUT2D eigenvalue weighted by atomic mass is 16.7. The first-order chi connectivity index (χ1) is 22.8. The third kappa shape index (κ3) is 20.6. The van der Waals surface area contributed by atoms with Crippen LogP contribution in [-0.4, -0.2) is 87.4 Å². The van der Waals surface area contributed by atoms with Gasteiger partial charge < -0.3 is 33.7 Å². The number of nitrogens with one attached hydrogen (secondary N) is 1. The normalized spacial score (nSPS) is 12.5. The Labute approximate surface area is 283 Å². The van der Waals surface area contributed by atoms with Crippen molar-refractivity contribution < 1.29 is 47.7 Å². The fraction of sp³-hybridized carbons (Fsp3) is 0.559. The summed E-state index contributed by atoms with van der Waals surface area (Å²) in [4.78, 5) is 45.9. The van der Waals surface area contributed by atoms with E-state index in [-0.39, 0.29) is 30.1 Å². The number of rotatable bonds is 12. The van der Waals surface area contributed by atoms with E-state index < -0.39 is 17.2 Å². The van der Waals surface area contributed by atoms with Gasteiger partial charge in [0.25, 0.3) is 5.69 Å². The van der Waals surface area contributed by atoms with Crippen LogP contribution < -0.4 is 14.8 Å². The summed E-state index contributed by atoms with van der Waals surface area (Å²) >= 11 is 0. The smallest absolute Gasteiger partial charge is 0.449 e. The van der Waals surface area contributed by atoms with Crippen LogP contribution in [0.15, 0.2) is 48.5 Å². The van der Waals surface area contributed by atoms with Gasteiger partial charge in [0, 0.05) is 38.3 Å². The number of carbonyl (C=O) groups excluding carboxylic acids is 3. The average molecular weight is 678 g/mol. The molecule has 0 spiro atoms. The van der Waals surface area contributed by atoms with Gasteiger partial charge in [-0.2, -0.15) is 0 Å². The second kappa shape index (κ2) is 23.8. The van der Waals surface area contributed by atoms with Crippen LogP contribution >= 0.6 is 0 Å². The van der Waals surface area contributed by atoms with Crippen LogP contribution in [0.5, 0.6) is 11.5 Å². The number of benzene rings is 2. The molecule has 2 aromatic rings. The van der Waals surface area contributed by atoms with Crippen LogP contribution in [0.25, 0.3) is 0 Å². The summed E-state index contributed by atoms with van der Waals surface area (Å²) in [6.07, 6.45) is -1.77. The van der Waals surface area contributed by atoms with Crippen molar-refractivity contribution in [1.82, 2.24) is 10.2 Å². The maximum absolute atomic E-state index is 11.3. The van der Waals surface area contributed by atoms with E-state index in [1.54, 1.807) is 31.2 Å². The lowest BCUT2D eigenvalue weighted by molar-refractivity contribution is -0.384. The highest BCUT2D eigenvalue weighted by Gasteiger charge is 2.13.